The molecule has 4 rings (SSSR count). The molecule has 0 saturated carbocycles. The van der Waals surface area contributed by atoms with Crippen molar-refractivity contribution in [2.45, 2.75) is 0 Å². The van der Waals surface area contributed by atoms with E-state index in [1.807, 2.05) is 65.0 Å². The molecule has 4 nitrogen and oxygen atoms in total. The Morgan fingerprint density at radius 3 is 2.42 bits per heavy atom. The van der Waals surface area contributed by atoms with Crippen molar-refractivity contribution in [2.24, 2.45) is 0 Å². The molecule has 0 radical (unpaired) electrons. The van der Waals surface area contributed by atoms with Crippen molar-refractivity contribution in [3.05, 3.63) is 70.7 Å². The predicted molar refractivity (Wildman–Crippen MR) is 107 cm³/mol. The quantitative estimate of drug-likeness (QED) is 0.671. The number of thiazole rings is 1. The summed E-state index contributed by atoms with van der Waals surface area (Å²) in [5.41, 5.74) is 2.82. The van der Waals surface area contributed by atoms with Crippen LogP contribution in [0.25, 0.3) is 11.1 Å². The van der Waals surface area contributed by atoms with Gasteiger partial charge in [0, 0.05) is 48.3 Å². The third kappa shape index (κ3) is 3.59. The molecule has 0 atom stereocenters. The van der Waals surface area contributed by atoms with Gasteiger partial charge in [-0.05, 0) is 35.4 Å². The summed E-state index contributed by atoms with van der Waals surface area (Å²) in [7, 11) is 0. The van der Waals surface area contributed by atoms with E-state index in [4.69, 9.17) is 11.6 Å². The summed E-state index contributed by atoms with van der Waals surface area (Å²) in [5.74, 6) is 0.0847. The highest BCUT2D eigenvalue weighted by Crippen LogP contribution is 2.24. The average molecular weight is 384 g/mol. The van der Waals surface area contributed by atoms with Gasteiger partial charge >= 0.3 is 0 Å². The van der Waals surface area contributed by atoms with Crippen LogP contribution in [-0.2, 0) is 0 Å². The highest BCUT2D eigenvalue weighted by atomic mass is 35.5. The molecule has 2 heterocycles. The Kier molecular flexibility index (Phi) is 4.91. The van der Waals surface area contributed by atoms with E-state index in [1.165, 1.54) is 0 Å². The molecule has 1 fully saturated rings. The number of carbonyl (C=O) groups is 1. The minimum atomic E-state index is 0.0847. The zero-order valence-electron chi connectivity index (χ0n) is 14.1. The molecule has 3 aromatic rings. The first-order valence-corrected chi connectivity index (χ1v) is 9.76. The van der Waals surface area contributed by atoms with Crippen molar-refractivity contribution in [1.29, 1.82) is 0 Å². The number of aromatic nitrogens is 1. The van der Waals surface area contributed by atoms with Crippen molar-refractivity contribution >= 4 is 34.0 Å². The highest BCUT2D eigenvalue weighted by Gasteiger charge is 2.23. The minimum absolute atomic E-state index is 0.0847. The summed E-state index contributed by atoms with van der Waals surface area (Å²) in [6.07, 6.45) is 1.82. The van der Waals surface area contributed by atoms with Gasteiger partial charge < -0.3 is 9.80 Å². The molecule has 2 aromatic carbocycles. The third-order valence-electron chi connectivity index (χ3n) is 4.55. The number of carbonyl (C=O) groups excluding carboxylic acids is 1. The number of halogens is 1. The van der Waals surface area contributed by atoms with E-state index >= 15 is 0 Å². The Labute approximate surface area is 161 Å². The monoisotopic (exact) mass is 383 g/mol. The maximum absolute atomic E-state index is 12.8. The van der Waals surface area contributed by atoms with E-state index in [2.05, 4.69) is 9.88 Å². The SMILES string of the molecule is O=C(c1ccc(-c2cccc(Cl)c2)cc1)N1CCN(c2nccs2)CC1. The summed E-state index contributed by atoms with van der Waals surface area (Å²) in [6.45, 7) is 3.07. The molecule has 0 aliphatic carbocycles. The van der Waals surface area contributed by atoms with Crippen molar-refractivity contribution < 1.29 is 4.79 Å². The van der Waals surface area contributed by atoms with Crippen LogP contribution in [0.15, 0.2) is 60.1 Å². The molecule has 132 valence electrons. The Morgan fingerprint density at radius 1 is 1.00 bits per heavy atom. The van der Waals surface area contributed by atoms with Crippen molar-refractivity contribution in [3.8, 4) is 11.1 Å². The lowest BCUT2D eigenvalue weighted by Gasteiger charge is -2.34. The zero-order chi connectivity index (χ0) is 17.9. The van der Waals surface area contributed by atoms with Gasteiger partial charge in [-0.25, -0.2) is 4.98 Å². The topological polar surface area (TPSA) is 36.4 Å². The molecular formula is C20H18ClN3OS. The Hall–Kier alpha value is -2.37. The minimum Gasteiger partial charge on any atom is -0.345 e. The number of hydrogen-bond donors (Lipinski definition) is 0. The smallest absolute Gasteiger partial charge is 0.253 e. The molecule has 1 aromatic heterocycles. The second-order valence-electron chi connectivity index (χ2n) is 6.18. The predicted octanol–water partition coefficient (Wildman–Crippen LogP) is 4.43. The van der Waals surface area contributed by atoms with Crippen LogP contribution in [0.1, 0.15) is 10.4 Å². The van der Waals surface area contributed by atoms with Crippen LogP contribution in [0.4, 0.5) is 5.13 Å². The molecule has 1 aliphatic rings. The summed E-state index contributed by atoms with van der Waals surface area (Å²) in [6, 6.07) is 15.5. The molecule has 0 bridgehead atoms. The third-order valence-corrected chi connectivity index (χ3v) is 5.61. The fourth-order valence-electron chi connectivity index (χ4n) is 3.13. The molecule has 0 N–H and O–H groups in total. The van der Waals surface area contributed by atoms with Gasteiger partial charge in [0.1, 0.15) is 0 Å². The van der Waals surface area contributed by atoms with E-state index in [-0.39, 0.29) is 5.91 Å². The molecule has 1 saturated heterocycles. The van der Waals surface area contributed by atoms with Crippen LogP contribution in [0, 0.1) is 0 Å². The van der Waals surface area contributed by atoms with Gasteiger partial charge in [0.05, 0.1) is 0 Å². The van der Waals surface area contributed by atoms with Crippen molar-refractivity contribution in [2.75, 3.05) is 31.1 Å². The first kappa shape index (κ1) is 17.1. The van der Waals surface area contributed by atoms with Crippen molar-refractivity contribution in [3.63, 3.8) is 0 Å². The number of amides is 1. The zero-order valence-corrected chi connectivity index (χ0v) is 15.7. The number of rotatable bonds is 3. The lowest BCUT2D eigenvalue weighted by molar-refractivity contribution is 0.0747. The first-order valence-electron chi connectivity index (χ1n) is 8.50. The maximum Gasteiger partial charge on any atom is 0.253 e. The average Bonchev–Trinajstić information content (AvgIpc) is 3.23. The van der Waals surface area contributed by atoms with Crippen LogP contribution in [0.5, 0.6) is 0 Å². The fourth-order valence-corrected chi connectivity index (χ4v) is 4.02. The second-order valence-corrected chi connectivity index (χ2v) is 7.49. The molecular weight excluding hydrogens is 366 g/mol. The van der Waals surface area contributed by atoms with E-state index in [0.29, 0.717) is 18.1 Å². The number of piperazine rings is 1. The normalized spacial score (nSPS) is 14.5. The van der Waals surface area contributed by atoms with Gasteiger partial charge in [0.25, 0.3) is 5.91 Å². The van der Waals surface area contributed by atoms with Crippen LogP contribution in [-0.4, -0.2) is 42.0 Å². The van der Waals surface area contributed by atoms with E-state index in [9.17, 15) is 4.79 Å². The molecule has 1 aliphatic heterocycles. The van der Waals surface area contributed by atoms with Crippen LogP contribution in [0.3, 0.4) is 0 Å². The van der Waals surface area contributed by atoms with Gasteiger partial charge in [-0.2, -0.15) is 0 Å². The van der Waals surface area contributed by atoms with Gasteiger partial charge in [0.15, 0.2) is 5.13 Å². The lowest BCUT2D eigenvalue weighted by Crippen LogP contribution is -2.48. The fraction of sp³-hybridized carbons (Fsp3) is 0.200. The number of nitrogens with zero attached hydrogens (tertiary/aromatic N) is 3. The number of hydrogen-bond acceptors (Lipinski definition) is 4. The standard InChI is InChI=1S/C20H18ClN3OS/c21-18-3-1-2-17(14-18)15-4-6-16(7-5-15)19(25)23-9-11-24(12-10-23)20-22-8-13-26-20/h1-8,13-14H,9-12H2. The summed E-state index contributed by atoms with van der Waals surface area (Å²) < 4.78 is 0. The van der Waals surface area contributed by atoms with Gasteiger partial charge in [-0.15, -0.1) is 11.3 Å². The van der Waals surface area contributed by atoms with Gasteiger partial charge in [-0.3, -0.25) is 4.79 Å². The van der Waals surface area contributed by atoms with Crippen LogP contribution in [0.2, 0.25) is 5.02 Å². The second kappa shape index (κ2) is 7.48. The molecule has 0 unspecified atom stereocenters. The van der Waals surface area contributed by atoms with E-state index in [0.717, 1.165) is 34.9 Å². The largest absolute Gasteiger partial charge is 0.345 e. The summed E-state index contributed by atoms with van der Waals surface area (Å²) >= 11 is 7.70. The van der Waals surface area contributed by atoms with Crippen LogP contribution < -0.4 is 4.90 Å². The molecule has 0 spiro atoms. The summed E-state index contributed by atoms with van der Waals surface area (Å²) in [4.78, 5) is 21.3. The van der Waals surface area contributed by atoms with Gasteiger partial charge in [-0.1, -0.05) is 35.9 Å². The number of anilines is 1. The summed E-state index contributed by atoms with van der Waals surface area (Å²) in [5, 5.41) is 3.72. The van der Waals surface area contributed by atoms with Crippen molar-refractivity contribution in [1.82, 2.24) is 9.88 Å². The Bertz CT molecular complexity index is 888. The van der Waals surface area contributed by atoms with E-state index in [1.54, 1.807) is 11.3 Å². The molecule has 1 amide bonds. The highest BCUT2D eigenvalue weighted by molar-refractivity contribution is 7.13. The van der Waals surface area contributed by atoms with E-state index < -0.39 is 0 Å². The maximum atomic E-state index is 12.8. The first-order chi connectivity index (χ1) is 12.7. The Morgan fingerprint density at radius 2 is 1.77 bits per heavy atom. The number of benzene rings is 2. The van der Waals surface area contributed by atoms with Crippen LogP contribution >= 0.6 is 22.9 Å². The molecule has 26 heavy (non-hydrogen) atoms. The van der Waals surface area contributed by atoms with Gasteiger partial charge in [0.2, 0.25) is 0 Å². The molecule has 6 heteroatoms. The lowest BCUT2D eigenvalue weighted by atomic mass is 10.0. The Balaban J connectivity index is 1.42.